The van der Waals surface area contributed by atoms with Crippen LogP contribution >= 0.6 is 0 Å². The van der Waals surface area contributed by atoms with E-state index in [9.17, 15) is 15.0 Å². The highest BCUT2D eigenvalue weighted by molar-refractivity contribution is 6.02. The summed E-state index contributed by atoms with van der Waals surface area (Å²) in [6, 6.07) is 4.21. The minimum absolute atomic E-state index is 0.0922. The fraction of sp³-hybridized carbons (Fsp3) is 0.235. The topological polar surface area (TPSA) is 90.2 Å². The molecular formula is C17H17NO6. The average Bonchev–Trinajstić information content (AvgIpc) is 2.58. The van der Waals surface area contributed by atoms with Crippen LogP contribution in [0.1, 0.15) is 0 Å². The maximum atomic E-state index is 12.9. The molecule has 7 nitrogen and oxygen atoms in total. The Morgan fingerprint density at radius 3 is 2.17 bits per heavy atom. The lowest BCUT2D eigenvalue weighted by Gasteiger charge is -2.18. The Hall–Kier alpha value is -3.09. The molecule has 3 rings (SSSR count). The van der Waals surface area contributed by atoms with Crippen molar-refractivity contribution in [1.29, 1.82) is 0 Å². The molecule has 1 heterocycles. The third-order valence-corrected chi connectivity index (χ3v) is 4.08. The van der Waals surface area contributed by atoms with Crippen molar-refractivity contribution >= 4 is 21.8 Å². The number of phenolic OH excluding ortho intramolecular Hbond substituents is 2. The van der Waals surface area contributed by atoms with Crippen molar-refractivity contribution in [1.82, 2.24) is 4.57 Å². The van der Waals surface area contributed by atoms with Gasteiger partial charge in [0.25, 0.3) is 0 Å². The van der Waals surface area contributed by atoms with Crippen LogP contribution in [-0.4, -0.2) is 36.1 Å². The normalized spacial score (nSPS) is 11.0. The van der Waals surface area contributed by atoms with Gasteiger partial charge in [-0.05, 0) is 12.1 Å². The van der Waals surface area contributed by atoms with Crippen LogP contribution in [0.2, 0.25) is 0 Å². The third kappa shape index (κ3) is 1.94. The van der Waals surface area contributed by atoms with Gasteiger partial charge >= 0.3 is 0 Å². The number of aromatic nitrogens is 1. The van der Waals surface area contributed by atoms with Crippen molar-refractivity contribution in [2.24, 2.45) is 7.05 Å². The molecule has 0 aliphatic heterocycles. The van der Waals surface area contributed by atoms with E-state index in [1.54, 1.807) is 11.6 Å². The second kappa shape index (κ2) is 5.52. The number of ether oxygens (including phenoxy) is 3. The van der Waals surface area contributed by atoms with Crippen molar-refractivity contribution in [2.75, 3.05) is 21.3 Å². The van der Waals surface area contributed by atoms with Crippen molar-refractivity contribution < 1.29 is 24.4 Å². The maximum absolute atomic E-state index is 12.9. The molecule has 0 saturated heterocycles. The Bertz CT molecular complexity index is 1020. The number of hydrogen-bond donors (Lipinski definition) is 2. The number of nitrogens with zero attached hydrogens (tertiary/aromatic N) is 1. The Labute approximate surface area is 137 Å². The summed E-state index contributed by atoms with van der Waals surface area (Å²) in [4.78, 5) is 12.9. The van der Waals surface area contributed by atoms with Crippen LogP contribution in [0.3, 0.4) is 0 Å². The summed E-state index contributed by atoms with van der Waals surface area (Å²) in [7, 11) is 5.98. The standard InChI is InChI=1S/C17H17NO6/c1-18-13-8(5-6-9(19)16(13)23-3)15(21)12-10(20)7-11(22-2)17(24-4)14(12)18/h5-7,19-20H,1-4H3. The molecule has 0 amide bonds. The molecule has 2 N–H and O–H groups in total. The minimum Gasteiger partial charge on any atom is -0.507 e. The summed E-state index contributed by atoms with van der Waals surface area (Å²) in [6.45, 7) is 0. The highest BCUT2D eigenvalue weighted by Gasteiger charge is 2.23. The second-order valence-electron chi connectivity index (χ2n) is 5.26. The van der Waals surface area contributed by atoms with E-state index in [-0.39, 0.29) is 28.4 Å². The van der Waals surface area contributed by atoms with Gasteiger partial charge in [0.05, 0.1) is 37.6 Å². The Balaban J connectivity index is 2.71. The Morgan fingerprint density at radius 2 is 1.58 bits per heavy atom. The zero-order valence-corrected chi connectivity index (χ0v) is 13.7. The van der Waals surface area contributed by atoms with Crippen LogP contribution in [-0.2, 0) is 7.05 Å². The molecule has 0 saturated carbocycles. The van der Waals surface area contributed by atoms with Gasteiger partial charge in [-0.15, -0.1) is 0 Å². The lowest BCUT2D eigenvalue weighted by molar-refractivity contribution is 0.354. The van der Waals surface area contributed by atoms with Crippen molar-refractivity contribution in [3.05, 3.63) is 28.4 Å². The number of aryl methyl sites for hydroxylation is 1. The van der Waals surface area contributed by atoms with Gasteiger partial charge in [0, 0.05) is 13.1 Å². The molecule has 0 radical (unpaired) electrons. The molecule has 0 atom stereocenters. The number of fused-ring (bicyclic) bond motifs is 2. The third-order valence-electron chi connectivity index (χ3n) is 4.08. The van der Waals surface area contributed by atoms with Crippen molar-refractivity contribution in [2.45, 2.75) is 0 Å². The van der Waals surface area contributed by atoms with Gasteiger partial charge in [-0.2, -0.15) is 0 Å². The molecule has 0 spiro atoms. The quantitative estimate of drug-likeness (QED) is 0.715. The molecule has 2 aromatic carbocycles. The molecule has 0 bridgehead atoms. The molecule has 126 valence electrons. The van der Waals surface area contributed by atoms with Gasteiger partial charge < -0.3 is 29.0 Å². The number of benzene rings is 2. The molecule has 0 aliphatic rings. The lowest BCUT2D eigenvalue weighted by Crippen LogP contribution is -2.12. The zero-order chi connectivity index (χ0) is 17.6. The first-order valence-corrected chi connectivity index (χ1v) is 7.12. The Kier molecular flexibility index (Phi) is 3.63. The number of methoxy groups -OCH3 is 3. The van der Waals surface area contributed by atoms with Gasteiger partial charge in [0.15, 0.2) is 23.0 Å². The molecule has 3 aromatic rings. The molecule has 0 aliphatic carbocycles. The molecule has 0 unspecified atom stereocenters. The largest absolute Gasteiger partial charge is 0.507 e. The van der Waals surface area contributed by atoms with Crippen LogP contribution in [0.5, 0.6) is 28.7 Å². The monoisotopic (exact) mass is 331 g/mol. The number of rotatable bonds is 3. The summed E-state index contributed by atoms with van der Waals surface area (Å²) in [6.07, 6.45) is 0. The van der Waals surface area contributed by atoms with Gasteiger partial charge in [-0.3, -0.25) is 4.79 Å². The van der Waals surface area contributed by atoms with Crippen LogP contribution in [0.25, 0.3) is 21.8 Å². The average molecular weight is 331 g/mol. The molecule has 24 heavy (non-hydrogen) atoms. The van der Waals surface area contributed by atoms with E-state index < -0.39 is 5.43 Å². The van der Waals surface area contributed by atoms with Gasteiger partial charge in [0.2, 0.25) is 5.43 Å². The van der Waals surface area contributed by atoms with Gasteiger partial charge in [0.1, 0.15) is 11.3 Å². The van der Waals surface area contributed by atoms with E-state index in [4.69, 9.17) is 14.2 Å². The first-order valence-electron chi connectivity index (χ1n) is 7.12. The summed E-state index contributed by atoms with van der Waals surface area (Å²) in [5.41, 5.74) is 0.339. The summed E-state index contributed by atoms with van der Waals surface area (Å²) in [5.74, 6) is 0.453. The van der Waals surface area contributed by atoms with Crippen LogP contribution in [0.4, 0.5) is 0 Å². The summed E-state index contributed by atoms with van der Waals surface area (Å²) >= 11 is 0. The maximum Gasteiger partial charge on any atom is 0.201 e. The summed E-state index contributed by atoms with van der Waals surface area (Å²) in [5, 5.41) is 20.8. The predicted molar refractivity (Wildman–Crippen MR) is 89.7 cm³/mol. The van der Waals surface area contributed by atoms with Crippen LogP contribution < -0.4 is 19.6 Å². The van der Waals surface area contributed by atoms with E-state index in [1.165, 1.54) is 39.5 Å². The molecular weight excluding hydrogens is 314 g/mol. The number of aromatic hydroxyl groups is 2. The van der Waals surface area contributed by atoms with E-state index in [0.717, 1.165) is 0 Å². The molecule has 7 heteroatoms. The molecule has 1 aromatic heterocycles. The zero-order valence-electron chi connectivity index (χ0n) is 13.7. The fourth-order valence-corrected chi connectivity index (χ4v) is 3.03. The van der Waals surface area contributed by atoms with E-state index in [1.807, 2.05) is 0 Å². The highest BCUT2D eigenvalue weighted by atomic mass is 16.5. The molecule has 0 fully saturated rings. The first-order chi connectivity index (χ1) is 11.5. The SMILES string of the molecule is COc1cc(O)c2c(=O)c3ccc(O)c(OC)c3n(C)c2c1OC. The predicted octanol–water partition coefficient (Wildman–Crippen LogP) is 2.13. The van der Waals surface area contributed by atoms with Crippen LogP contribution in [0.15, 0.2) is 23.0 Å². The summed E-state index contributed by atoms with van der Waals surface area (Å²) < 4.78 is 17.5. The smallest absolute Gasteiger partial charge is 0.201 e. The van der Waals surface area contributed by atoms with E-state index in [0.29, 0.717) is 22.2 Å². The van der Waals surface area contributed by atoms with Crippen molar-refractivity contribution in [3.8, 4) is 28.7 Å². The Morgan fingerprint density at radius 1 is 0.917 bits per heavy atom. The van der Waals surface area contributed by atoms with Gasteiger partial charge in [-0.25, -0.2) is 0 Å². The number of hydrogen-bond acceptors (Lipinski definition) is 6. The van der Waals surface area contributed by atoms with E-state index in [2.05, 4.69) is 0 Å². The van der Waals surface area contributed by atoms with Crippen molar-refractivity contribution in [3.63, 3.8) is 0 Å². The minimum atomic E-state index is -0.394. The van der Waals surface area contributed by atoms with Gasteiger partial charge in [-0.1, -0.05) is 0 Å². The van der Waals surface area contributed by atoms with E-state index >= 15 is 0 Å². The second-order valence-corrected chi connectivity index (χ2v) is 5.26. The lowest BCUT2D eigenvalue weighted by atomic mass is 10.1. The highest BCUT2D eigenvalue weighted by Crippen LogP contribution is 2.42. The fourth-order valence-electron chi connectivity index (χ4n) is 3.03. The number of pyridine rings is 1. The number of phenols is 2. The first kappa shape index (κ1) is 15.8. The van der Waals surface area contributed by atoms with Crippen LogP contribution in [0, 0.1) is 0 Å².